The van der Waals surface area contributed by atoms with E-state index in [1.807, 2.05) is 6.07 Å². The smallest absolute Gasteiger partial charge is 0.256 e. The van der Waals surface area contributed by atoms with Crippen molar-refractivity contribution in [2.75, 3.05) is 5.32 Å². The Labute approximate surface area is 173 Å². The van der Waals surface area contributed by atoms with Crippen LogP contribution in [0.25, 0.3) is 22.4 Å². The molecule has 1 N–H and O–H groups in total. The number of aromatic nitrogens is 7. The van der Waals surface area contributed by atoms with E-state index in [1.54, 1.807) is 24.8 Å². The summed E-state index contributed by atoms with van der Waals surface area (Å²) in [7, 11) is -3.42. The third-order valence-corrected chi connectivity index (χ3v) is 6.99. The molecule has 0 aliphatic heterocycles. The number of nitrogens with one attached hydrogen (secondary N) is 1. The van der Waals surface area contributed by atoms with Crippen LogP contribution in [0.2, 0.25) is 0 Å². The van der Waals surface area contributed by atoms with Crippen LogP contribution in [0.1, 0.15) is 32.7 Å². The van der Waals surface area contributed by atoms with Crippen molar-refractivity contribution in [2.24, 2.45) is 0 Å². The van der Waals surface area contributed by atoms with Gasteiger partial charge in [0, 0.05) is 18.3 Å². The summed E-state index contributed by atoms with van der Waals surface area (Å²) in [6, 6.07) is 3.92. The fourth-order valence-corrected chi connectivity index (χ4v) is 4.66. The third kappa shape index (κ3) is 3.30. The van der Waals surface area contributed by atoms with Crippen molar-refractivity contribution < 1.29 is 8.42 Å². The van der Waals surface area contributed by atoms with E-state index in [0.29, 0.717) is 35.9 Å². The lowest BCUT2D eigenvalue weighted by Crippen LogP contribution is -2.17. The minimum Gasteiger partial charge on any atom is -0.328 e. The second-order valence-electron chi connectivity index (χ2n) is 7.54. The van der Waals surface area contributed by atoms with E-state index in [1.165, 1.54) is 12.4 Å². The molecule has 4 aromatic rings. The lowest BCUT2D eigenvalue weighted by molar-refractivity contribution is 0.578. The molecule has 0 atom stereocenters. The van der Waals surface area contributed by atoms with Gasteiger partial charge >= 0.3 is 0 Å². The van der Waals surface area contributed by atoms with Gasteiger partial charge in [-0.15, -0.1) is 0 Å². The molecular weight excluding hydrogens is 404 g/mol. The predicted octanol–water partition coefficient (Wildman–Crippen LogP) is 2.75. The van der Waals surface area contributed by atoms with E-state index in [4.69, 9.17) is 0 Å². The van der Waals surface area contributed by atoms with Crippen LogP contribution in [0.15, 0.2) is 43.2 Å². The average molecular weight is 424 g/mol. The predicted molar refractivity (Wildman–Crippen MR) is 112 cm³/mol. The van der Waals surface area contributed by atoms with Crippen molar-refractivity contribution in [3.63, 3.8) is 0 Å². The van der Waals surface area contributed by atoms with Gasteiger partial charge in [0.05, 0.1) is 41.2 Å². The zero-order valence-electron chi connectivity index (χ0n) is 16.5. The van der Waals surface area contributed by atoms with E-state index in [9.17, 15) is 8.42 Å². The summed E-state index contributed by atoms with van der Waals surface area (Å²) in [4.78, 5) is 17.5. The van der Waals surface area contributed by atoms with Crippen molar-refractivity contribution in [1.82, 2.24) is 33.7 Å². The van der Waals surface area contributed by atoms with Gasteiger partial charge in [-0.25, -0.2) is 28.4 Å². The Morgan fingerprint density at radius 3 is 2.73 bits per heavy atom. The first-order chi connectivity index (χ1) is 14.4. The molecule has 11 heteroatoms. The fourth-order valence-electron chi connectivity index (χ4n) is 3.19. The van der Waals surface area contributed by atoms with Crippen LogP contribution < -0.4 is 5.32 Å². The quantitative estimate of drug-likeness (QED) is 0.502. The molecular formula is C19H20N8O2S. The third-order valence-electron chi connectivity index (χ3n) is 4.95. The van der Waals surface area contributed by atoms with Crippen LogP contribution in [-0.2, 0) is 10.0 Å². The number of imidazole rings is 1. The summed E-state index contributed by atoms with van der Waals surface area (Å²) in [5.74, 6) is 1.55. The molecule has 4 heterocycles. The molecule has 5 rings (SSSR count). The van der Waals surface area contributed by atoms with Gasteiger partial charge in [0.25, 0.3) is 10.0 Å². The van der Waals surface area contributed by atoms with Crippen molar-refractivity contribution in [2.45, 2.75) is 38.0 Å². The number of hydrogen-bond donors (Lipinski definition) is 1. The molecule has 154 valence electrons. The fraction of sp³-hybridized carbons (Fsp3) is 0.316. The molecule has 10 nitrogen and oxygen atoms in total. The van der Waals surface area contributed by atoms with Crippen LogP contribution in [0.4, 0.5) is 11.6 Å². The first-order valence-corrected chi connectivity index (χ1v) is 11.1. The Balaban J connectivity index is 1.42. The number of pyridine rings is 1. The summed E-state index contributed by atoms with van der Waals surface area (Å²) in [6.07, 6.45) is 9.40. The number of nitrogens with zero attached hydrogens (tertiary/aromatic N) is 7. The van der Waals surface area contributed by atoms with Gasteiger partial charge in [-0.05, 0) is 32.8 Å². The lowest BCUT2D eigenvalue weighted by Gasteiger charge is -2.09. The minimum atomic E-state index is -3.42. The van der Waals surface area contributed by atoms with E-state index in [0.717, 1.165) is 15.1 Å². The maximum Gasteiger partial charge on any atom is 0.256 e. The zero-order valence-corrected chi connectivity index (χ0v) is 17.3. The van der Waals surface area contributed by atoms with Crippen LogP contribution >= 0.6 is 0 Å². The van der Waals surface area contributed by atoms with Crippen molar-refractivity contribution in [3.8, 4) is 11.4 Å². The highest BCUT2D eigenvalue weighted by Crippen LogP contribution is 2.30. The first kappa shape index (κ1) is 18.7. The molecule has 1 aliphatic carbocycles. The number of hydrogen-bond acceptors (Lipinski definition) is 8. The molecule has 0 spiro atoms. The van der Waals surface area contributed by atoms with Gasteiger partial charge in [-0.1, -0.05) is 0 Å². The molecule has 1 aliphatic rings. The summed E-state index contributed by atoms with van der Waals surface area (Å²) >= 11 is 0. The maximum absolute atomic E-state index is 12.3. The van der Waals surface area contributed by atoms with Crippen LogP contribution in [0, 0.1) is 0 Å². The van der Waals surface area contributed by atoms with Gasteiger partial charge in [0.15, 0.2) is 5.82 Å². The summed E-state index contributed by atoms with van der Waals surface area (Å²) < 4.78 is 27.8. The van der Waals surface area contributed by atoms with Crippen LogP contribution in [-0.4, -0.2) is 47.4 Å². The summed E-state index contributed by atoms with van der Waals surface area (Å²) in [6.45, 7) is 4.18. The largest absolute Gasteiger partial charge is 0.328 e. The van der Waals surface area contributed by atoms with Crippen molar-refractivity contribution in [3.05, 3.63) is 43.2 Å². The van der Waals surface area contributed by atoms with Gasteiger partial charge in [-0.3, -0.25) is 0 Å². The van der Waals surface area contributed by atoms with E-state index < -0.39 is 10.0 Å². The molecule has 0 aromatic carbocycles. The zero-order chi connectivity index (χ0) is 20.9. The van der Waals surface area contributed by atoms with Gasteiger partial charge in [-0.2, -0.15) is 9.19 Å². The Hall–Kier alpha value is -3.34. The van der Waals surface area contributed by atoms with E-state index in [-0.39, 0.29) is 11.3 Å². The molecule has 1 saturated carbocycles. The molecule has 4 aromatic heterocycles. The average Bonchev–Trinajstić information content (AvgIpc) is 3.32. The number of fused-ring (bicyclic) bond motifs is 1. The highest BCUT2D eigenvalue weighted by Gasteiger charge is 2.37. The summed E-state index contributed by atoms with van der Waals surface area (Å²) in [5, 5.41) is 6.84. The maximum atomic E-state index is 12.3. The molecule has 0 saturated heterocycles. The molecule has 0 amide bonds. The Morgan fingerprint density at radius 1 is 1.13 bits per heavy atom. The second-order valence-corrected chi connectivity index (χ2v) is 9.61. The molecule has 0 radical (unpaired) electrons. The number of anilines is 2. The highest BCUT2D eigenvalue weighted by molar-refractivity contribution is 7.90. The molecule has 30 heavy (non-hydrogen) atoms. The lowest BCUT2D eigenvalue weighted by atomic mass is 10.3. The highest BCUT2D eigenvalue weighted by atomic mass is 32.2. The summed E-state index contributed by atoms with van der Waals surface area (Å²) in [5.41, 5.74) is 2.33. The van der Waals surface area contributed by atoms with Gasteiger partial charge in [0.2, 0.25) is 0 Å². The normalized spacial score (nSPS) is 14.5. The minimum absolute atomic E-state index is 0.277. The van der Waals surface area contributed by atoms with Crippen LogP contribution in [0.5, 0.6) is 0 Å². The molecule has 0 unspecified atom stereocenters. The van der Waals surface area contributed by atoms with E-state index >= 15 is 0 Å². The Morgan fingerprint density at radius 2 is 1.97 bits per heavy atom. The van der Waals surface area contributed by atoms with Crippen molar-refractivity contribution in [1.29, 1.82) is 0 Å². The van der Waals surface area contributed by atoms with Gasteiger partial charge in [0.1, 0.15) is 17.2 Å². The first-order valence-electron chi connectivity index (χ1n) is 9.64. The Bertz CT molecular complexity index is 1340. The Kier molecular flexibility index (Phi) is 4.28. The van der Waals surface area contributed by atoms with Gasteiger partial charge < -0.3 is 9.88 Å². The topological polar surface area (TPSA) is 120 Å². The molecule has 0 bridgehead atoms. The van der Waals surface area contributed by atoms with Crippen molar-refractivity contribution >= 4 is 32.7 Å². The molecule has 1 fully saturated rings. The second kappa shape index (κ2) is 6.87. The van der Waals surface area contributed by atoms with E-state index in [2.05, 4.69) is 48.8 Å². The van der Waals surface area contributed by atoms with Crippen LogP contribution in [0.3, 0.4) is 0 Å². The monoisotopic (exact) mass is 424 g/mol. The standard InChI is InChI=1S/C19H20N8O2S/c1-12(2)26-11-22-15-9-21-18(7-16(15)26)24-17-5-6-20-19(25-17)13-8-23-27(10-13)30(28,29)14-3-4-14/h5-12,14H,3-4H2,1-2H3,(H,20,21,24,25). The SMILES string of the molecule is CC(C)n1cnc2cnc(Nc3ccnc(-c4cnn(S(=O)(=O)C5CC5)c4)n3)cc21. The number of rotatable bonds is 6.